The number of esters is 1. The molecule has 0 heterocycles. The highest BCUT2D eigenvalue weighted by Crippen LogP contribution is 2.29. The Kier molecular flexibility index (Phi) is 5.69. The van der Waals surface area contributed by atoms with Crippen LogP contribution in [0.3, 0.4) is 0 Å². The predicted molar refractivity (Wildman–Crippen MR) is 75.7 cm³/mol. The quantitative estimate of drug-likeness (QED) is 0.816. The minimum Gasteiger partial charge on any atom is -0.466 e. The lowest BCUT2D eigenvalue weighted by Crippen LogP contribution is -2.45. The summed E-state index contributed by atoms with van der Waals surface area (Å²) in [7, 11) is 0. The number of hydrogen-bond acceptors (Lipinski definition) is 3. The Morgan fingerprint density at radius 3 is 2.35 bits per heavy atom. The van der Waals surface area contributed by atoms with Gasteiger partial charge in [-0.05, 0) is 37.5 Å². The summed E-state index contributed by atoms with van der Waals surface area (Å²) in [4.78, 5) is 12.0. The summed E-state index contributed by atoms with van der Waals surface area (Å²) >= 11 is 0. The molecule has 1 rings (SSSR count). The summed E-state index contributed by atoms with van der Waals surface area (Å²) in [6, 6.07) is 5.93. The number of hydrogen-bond donors (Lipinski definition) is 1. The van der Waals surface area contributed by atoms with Gasteiger partial charge in [-0.1, -0.05) is 26.0 Å². The molecule has 0 radical (unpaired) electrons. The maximum atomic E-state index is 12.9. The smallest absolute Gasteiger partial charge is 0.312 e. The fourth-order valence-electron chi connectivity index (χ4n) is 2.60. The molecular formula is C16H23FO3. The third-order valence-corrected chi connectivity index (χ3v) is 3.35. The van der Waals surface area contributed by atoms with Crippen LogP contribution in [0.4, 0.5) is 4.39 Å². The number of aliphatic hydroxyl groups is 1. The van der Waals surface area contributed by atoms with Crippen molar-refractivity contribution in [2.45, 2.75) is 39.7 Å². The van der Waals surface area contributed by atoms with E-state index in [0.717, 1.165) is 5.56 Å². The van der Waals surface area contributed by atoms with E-state index in [-0.39, 0.29) is 24.8 Å². The molecule has 0 spiro atoms. The molecule has 1 aromatic rings. The summed E-state index contributed by atoms with van der Waals surface area (Å²) in [6.07, 6.45) is 0.273. The third-order valence-electron chi connectivity index (χ3n) is 3.35. The molecule has 0 aliphatic heterocycles. The van der Waals surface area contributed by atoms with E-state index in [4.69, 9.17) is 4.74 Å². The lowest BCUT2D eigenvalue weighted by Gasteiger charge is -2.34. The minimum atomic E-state index is -1.24. The highest BCUT2D eigenvalue weighted by Gasteiger charge is 2.40. The Morgan fingerprint density at radius 1 is 1.35 bits per heavy atom. The van der Waals surface area contributed by atoms with E-state index in [1.807, 2.05) is 13.8 Å². The minimum absolute atomic E-state index is 0.0514. The Labute approximate surface area is 119 Å². The van der Waals surface area contributed by atoms with Crippen LogP contribution in [0.25, 0.3) is 0 Å². The Hall–Kier alpha value is -1.42. The van der Waals surface area contributed by atoms with Crippen molar-refractivity contribution in [1.82, 2.24) is 0 Å². The number of benzene rings is 1. The van der Waals surface area contributed by atoms with Gasteiger partial charge < -0.3 is 9.84 Å². The van der Waals surface area contributed by atoms with Crippen molar-refractivity contribution in [3.63, 3.8) is 0 Å². The lowest BCUT2D eigenvalue weighted by atomic mass is 9.77. The van der Waals surface area contributed by atoms with Crippen LogP contribution in [-0.4, -0.2) is 23.3 Å². The largest absolute Gasteiger partial charge is 0.466 e. The predicted octanol–water partition coefficient (Wildman–Crippen LogP) is 2.95. The van der Waals surface area contributed by atoms with Crippen molar-refractivity contribution in [2.75, 3.05) is 6.61 Å². The Balaban J connectivity index is 2.92. The first kappa shape index (κ1) is 16.6. The molecule has 0 amide bonds. The molecule has 0 aromatic heterocycles. The van der Waals surface area contributed by atoms with Gasteiger partial charge in [0.1, 0.15) is 5.82 Å². The zero-order valence-electron chi connectivity index (χ0n) is 12.5. The molecule has 0 fully saturated rings. The average molecular weight is 282 g/mol. The molecule has 1 aromatic carbocycles. The number of carbonyl (C=O) groups excluding carboxylic acids is 1. The van der Waals surface area contributed by atoms with E-state index in [9.17, 15) is 14.3 Å². The first-order valence-corrected chi connectivity index (χ1v) is 6.91. The van der Waals surface area contributed by atoms with E-state index < -0.39 is 17.5 Å². The Bertz CT molecular complexity index is 438. The van der Waals surface area contributed by atoms with Crippen LogP contribution < -0.4 is 0 Å². The average Bonchev–Trinajstić information content (AvgIpc) is 2.31. The summed E-state index contributed by atoms with van der Waals surface area (Å²) < 4.78 is 17.9. The molecule has 2 atom stereocenters. The molecule has 112 valence electrons. The molecule has 20 heavy (non-hydrogen) atoms. The number of carbonyl (C=O) groups is 1. The van der Waals surface area contributed by atoms with Crippen molar-refractivity contribution < 1.29 is 19.0 Å². The SMILES string of the molecule is CCOC(=O)C(C(C)C)C(C)(O)Cc1ccc(F)cc1. The van der Waals surface area contributed by atoms with Crippen LogP contribution in [-0.2, 0) is 16.0 Å². The van der Waals surface area contributed by atoms with Crippen LogP contribution in [0.5, 0.6) is 0 Å². The first-order valence-electron chi connectivity index (χ1n) is 6.91. The van der Waals surface area contributed by atoms with Gasteiger partial charge in [-0.25, -0.2) is 4.39 Å². The van der Waals surface area contributed by atoms with Gasteiger partial charge in [0.2, 0.25) is 0 Å². The highest BCUT2D eigenvalue weighted by atomic mass is 19.1. The maximum Gasteiger partial charge on any atom is 0.312 e. The number of rotatable bonds is 6. The second-order valence-corrected chi connectivity index (χ2v) is 5.63. The van der Waals surface area contributed by atoms with Gasteiger partial charge in [-0.2, -0.15) is 0 Å². The molecule has 0 saturated heterocycles. The van der Waals surface area contributed by atoms with Crippen LogP contribution in [0, 0.1) is 17.7 Å². The van der Waals surface area contributed by atoms with Crippen molar-refractivity contribution in [3.8, 4) is 0 Å². The normalized spacial score (nSPS) is 15.8. The van der Waals surface area contributed by atoms with Crippen molar-refractivity contribution in [1.29, 1.82) is 0 Å². The van der Waals surface area contributed by atoms with Gasteiger partial charge in [0, 0.05) is 6.42 Å². The van der Waals surface area contributed by atoms with Crippen LogP contribution >= 0.6 is 0 Å². The summed E-state index contributed by atoms with van der Waals surface area (Å²) in [5.41, 5.74) is -0.454. The standard InChI is InChI=1S/C16H23FO3/c1-5-20-15(18)14(11(2)3)16(4,19)10-12-6-8-13(17)9-7-12/h6-9,11,14,19H,5,10H2,1-4H3. The van der Waals surface area contributed by atoms with E-state index in [0.29, 0.717) is 0 Å². The topological polar surface area (TPSA) is 46.5 Å². The zero-order chi connectivity index (χ0) is 15.3. The van der Waals surface area contributed by atoms with Crippen molar-refractivity contribution in [2.24, 2.45) is 11.8 Å². The fourth-order valence-corrected chi connectivity index (χ4v) is 2.60. The summed E-state index contributed by atoms with van der Waals surface area (Å²) in [6.45, 7) is 7.40. The van der Waals surface area contributed by atoms with Gasteiger partial charge in [0.15, 0.2) is 0 Å². The molecule has 2 unspecified atom stereocenters. The highest BCUT2D eigenvalue weighted by molar-refractivity contribution is 5.74. The van der Waals surface area contributed by atoms with Gasteiger partial charge in [0.05, 0.1) is 18.1 Å². The third kappa shape index (κ3) is 4.30. The second-order valence-electron chi connectivity index (χ2n) is 5.63. The van der Waals surface area contributed by atoms with E-state index in [1.54, 1.807) is 26.0 Å². The molecule has 1 N–H and O–H groups in total. The van der Waals surface area contributed by atoms with E-state index in [2.05, 4.69) is 0 Å². The van der Waals surface area contributed by atoms with Gasteiger partial charge in [-0.3, -0.25) is 4.79 Å². The molecule has 0 aliphatic carbocycles. The maximum absolute atomic E-state index is 12.9. The second kappa shape index (κ2) is 6.84. The number of ether oxygens (including phenoxy) is 1. The molecular weight excluding hydrogens is 259 g/mol. The van der Waals surface area contributed by atoms with Gasteiger partial charge in [0.25, 0.3) is 0 Å². The molecule has 0 saturated carbocycles. The van der Waals surface area contributed by atoms with Gasteiger partial charge >= 0.3 is 5.97 Å². The van der Waals surface area contributed by atoms with Crippen LogP contribution in [0.15, 0.2) is 24.3 Å². The van der Waals surface area contributed by atoms with Crippen molar-refractivity contribution >= 4 is 5.97 Å². The van der Waals surface area contributed by atoms with Crippen LogP contribution in [0.2, 0.25) is 0 Å². The lowest BCUT2D eigenvalue weighted by molar-refractivity contribution is -0.160. The molecule has 3 nitrogen and oxygen atoms in total. The van der Waals surface area contributed by atoms with E-state index in [1.165, 1.54) is 12.1 Å². The fraction of sp³-hybridized carbons (Fsp3) is 0.562. The van der Waals surface area contributed by atoms with Gasteiger partial charge in [-0.15, -0.1) is 0 Å². The summed E-state index contributed by atoms with van der Waals surface area (Å²) in [5, 5.41) is 10.7. The molecule has 0 aliphatic rings. The molecule has 4 heteroatoms. The zero-order valence-corrected chi connectivity index (χ0v) is 12.5. The summed E-state index contributed by atoms with van der Waals surface area (Å²) in [5.74, 6) is -1.38. The van der Waals surface area contributed by atoms with Crippen LogP contribution in [0.1, 0.15) is 33.3 Å². The Morgan fingerprint density at radius 2 is 1.90 bits per heavy atom. The monoisotopic (exact) mass is 282 g/mol. The molecule has 0 bridgehead atoms. The van der Waals surface area contributed by atoms with Crippen molar-refractivity contribution in [3.05, 3.63) is 35.6 Å². The van der Waals surface area contributed by atoms with E-state index >= 15 is 0 Å². The number of halogens is 1. The first-order chi connectivity index (χ1) is 9.27.